The van der Waals surface area contributed by atoms with E-state index in [4.69, 9.17) is 5.73 Å². The zero-order valence-electron chi connectivity index (χ0n) is 11.9. The molecule has 17 heavy (non-hydrogen) atoms. The second-order valence-electron chi connectivity index (χ2n) is 7.01. The third-order valence-electron chi connectivity index (χ3n) is 5.15. The summed E-state index contributed by atoms with van der Waals surface area (Å²) < 4.78 is 0. The highest BCUT2D eigenvalue weighted by Gasteiger charge is 2.40. The number of hydrogen-bond donors (Lipinski definition) is 1. The minimum atomic E-state index is 0.492. The van der Waals surface area contributed by atoms with Gasteiger partial charge in [0.15, 0.2) is 0 Å². The summed E-state index contributed by atoms with van der Waals surface area (Å²) in [5.74, 6) is 0.867. The van der Waals surface area contributed by atoms with Gasteiger partial charge >= 0.3 is 0 Å². The normalized spacial score (nSPS) is 39.2. The van der Waals surface area contributed by atoms with Crippen LogP contribution in [0.4, 0.5) is 0 Å². The van der Waals surface area contributed by atoms with Crippen molar-refractivity contribution in [3.8, 4) is 0 Å². The molecule has 0 amide bonds. The molecule has 0 bridgehead atoms. The molecule has 0 spiro atoms. The van der Waals surface area contributed by atoms with Crippen LogP contribution in [0, 0.1) is 11.3 Å². The Morgan fingerprint density at radius 2 is 2.00 bits per heavy atom. The molecule has 3 unspecified atom stereocenters. The van der Waals surface area contributed by atoms with Crippen molar-refractivity contribution < 1.29 is 0 Å². The molecule has 1 aliphatic heterocycles. The zero-order chi connectivity index (χ0) is 12.5. The molecule has 2 nitrogen and oxygen atoms in total. The van der Waals surface area contributed by atoms with Crippen LogP contribution in [0.3, 0.4) is 0 Å². The van der Waals surface area contributed by atoms with E-state index in [1.165, 1.54) is 45.1 Å². The van der Waals surface area contributed by atoms with Crippen molar-refractivity contribution >= 4 is 0 Å². The molecule has 2 heteroatoms. The zero-order valence-corrected chi connectivity index (χ0v) is 11.9. The van der Waals surface area contributed by atoms with Crippen molar-refractivity contribution in [3.05, 3.63) is 0 Å². The van der Waals surface area contributed by atoms with Crippen LogP contribution in [0.15, 0.2) is 0 Å². The molecule has 0 radical (unpaired) electrons. The van der Waals surface area contributed by atoms with Gasteiger partial charge in [0.1, 0.15) is 0 Å². The molecule has 1 aliphatic carbocycles. The summed E-state index contributed by atoms with van der Waals surface area (Å²) >= 11 is 0. The van der Waals surface area contributed by atoms with E-state index >= 15 is 0 Å². The fourth-order valence-electron chi connectivity index (χ4n) is 4.00. The molecule has 1 saturated carbocycles. The summed E-state index contributed by atoms with van der Waals surface area (Å²) in [4.78, 5) is 2.76. The summed E-state index contributed by atoms with van der Waals surface area (Å²) in [5, 5.41) is 0. The van der Waals surface area contributed by atoms with Crippen LogP contribution < -0.4 is 5.73 Å². The van der Waals surface area contributed by atoms with Gasteiger partial charge in [-0.05, 0) is 43.6 Å². The van der Waals surface area contributed by atoms with E-state index in [-0.39, 0.29) is 0 Å². The maximum absolute atomic E-state index is 6.01. The number of piperidine rings is 1. The Hall–Kier alpha value is -0.0800. The molecular weight excluding hydrogens is 208 g/mol. The third-order valence-corrected chi connectivity index (χ3v) is 5.15. The summed E-state index contributed by atoms with van der Waals surface area (Å²) in [6, 6.07) is 1.42. The van der Waals surface area contributed by atoms with Crippen LogP contribution in [0.25, 0.3) is 0 Å². The fourth-order valence-corrected chi connectivity index (χ4v) is 4.00. The number of rotatable bonds is 2. The summed E-state index contributed by atoms with van der Waals surface area (Å²) in [6.07, 6.45) is 8.28. The van der Waals surface area contributed by atoms with Gasteiger partial charge in [0.05, 0.1) is 0 Å². The van der Waals surface area contributed by atoms with E-state index in [1.807, 2.05) is 0 Å². The Morgan fingerprint density at radius 1 is 1.24 bits per heavy atom. The van der Waals surface area contributed by atoms with E-state index in [1.54, 1.807) is 0 Å². The largest absolute Gasteiger partial charge is 0.329 e. The monoisotopic (exact) mass is 238 g/mol. The van der Waals surface area contributed by atoms with E-state index < -0.39 is 0 Å². The van der Waals surface area contributed by atoms with Crippen molar-refractivity contribution in [1.29, 1.82) is 0 Å². The summed E-state index contributed by atoms with van der Waals surface area (Å²) in [7, 11) is 0. The molecule has 1 heterocycles. The number of nitrogens with zero attached hydrogens (tertiary/aromatic N) is 1. The predicted octanol–water partition coefficient (Wildman–Crippen LogP) is 3.01. The molecule has 100 valence electrons. The summed E-state index contributed by atoms with van der Waals surface area (Å²) in [5.41, 5.74) is 6.50. The lowest BCUT2D eigenvalue weighted by molar-refractivity contribution is -0.00746. The molecule has 2 fully saturated rings. The number of likely N-dealkylation sites (tertiary alicyclic amines) is 1. The van der Waals surface area contributed by atoms with Crippen LogP contribution in [-0.4, -0.2) is 30.1 Å². The van der Waals surface area contributed by atoms with Crippen molar-refractivity contribution in [1.82, 2.24) is 4.90 Å². The Labute approximate surface area is 107 Å². The maximum Gasteiger partial charge on any atom is 0.0224 e. The van der Waals surface area contributed by atoms with Crippen LogP contribution in [0.5, 0.6) is 0 Å². The van der Waals surface area contributed by atoms with Crippen LogP contribution >= 0.6 is 0 Å². The van der Waals surface area contributed by atoms with E-state index in [0.717, 1.165) is 18.5 Å². The molecular formula is C15H30N2. The predicted molar refractivity (Wildman–Crippen MR) is 74.0 cm³/mol. The van der Waals surface area contributed by atoms with Crippen molar-refractivity contribution in [2.45, 2.75) is 71.4 Å². The lowest BCUT2D eigenvalue weighted by atomic mass is 9.71. The molecule has 0 aromatic rings. The molecule has 2 rings (SSSR count). The first-order chi connectivity index (χ1) is 8.04. The van der Waals surface area contributed by atoms with Gasteiger partial charge in [-0.3, -0.25) is 4.90 Å². The van der Waals surface area contributed by atoms with Gasteiger partial charge in [0, 0.05) is 18.6 Å². The quantitative estimate of drug-likeness (QED) is 0.801. The number of hydrogen-bond acceptors (Lipinski definition) is 2. The van der Waals surface area contributed by atoms with E-state index in [9.17, 15) is 0 Å². The standard InChI is InChI=1S/C15H30N2/c1-12-7-9-17(13(10-12)11-16)14-6-4-5-8-15(14,2)3/h12-14H,4-11,16H2,1-3H3. The van der Waals surface area contributed by atoms with Crippen molar-refractivity contribution in [2.75, 3.05) is 13.1 Å². The topological polar surface area (TPSA) is 29.3 Å². The van der Waals surface area contributed by atoms with Gasteiger partial charge < -0.3 is 5.73 Å². The van der Waals surface area contributed by atoms with Gasteiger partial charge in [-0.15, -0.1) is 0 Å². The Balaban J connectivity index is 2.08. The van der Waals surface area contributed by atoms with Gasteiger partial charge in [-0.2, -0.15) is 0 Å². The maximum atomic E-state index is 6.01. The van der Waals surface area contributed by atoms with Gasteiger partial charge in [0.2, 0.25) is 0 Å². The Kier molecular flexibility index (Phi) is 4.14. The van der Waals surface area contributed by atoms with E-state index in [2.05, 4.69) is 25.7 Å². The molecule has 2 N–H and O–H groups in total. The molecule has 1 saturated heterocycles. The lowest BCUT2D eigenvalue weighted by Gasteiger charge is -2.51. The number of nitrogens with two attached hydrogens (primary N) is 1. The van der Waals surface area contributed by atoms with Crippen LogP contribution in [-0.2, 0) is 0 Å². The summed E-state index contributed by atoms with van der Waals surface area (Å²) in [6.45, 7) is 9.42. The molecule has 3 atom stereocenters. The first-order valence-electron chi connectivity index (χ1n) is 7.50. The molecule has 0 aromatic heterocycles. The highest BCUT2D eigenvalue weighted by atomic mass is 15.2. The SMILES string of the molecule is CC1CCN(C2CCCCC2(C)C)C(CN)C1. The van der Waals surface area contributed by atoms with Crippen molar-refractivity contribution in [3.63, 3.8) is 0 Å². The van der Waals surface area contributed by atoms with Gasteiger partial charge in [0.25, 0.3) is 0 Å². The van der Waals surface area contributed by atoms with Gasteiger partial charge in [-0.25, -0.2) is 0 Å². The highest BCUT2D eigenvalue weighted by molar-refractivity contribution is 4.94. The minimum Gasteiger partial charge on any atom is -0.329 e. The smallest absolute Gasteiger partial charge is 0.0224 e. The highest BCUT2D eigenvalue weighted by Crippen LogP contribution is 2.41. The lowest BCUT2D eigenvalue weighted by Crippen LogP contribution is -2.56. The average molecular weight is 238 g/mol. The molecule has 2 aliphatic rings. The van der Waals surface area contributed by atoms with Crippen LogP contribution in [0.2, 0.25) is 0 Å². The first kappa shape index (κ1) is 13.4. The minimum absolute atomic E-state index is 0.492. The second-order valence-corrected chi connectivity index (χ2v) is 7.01. The van der Waals surface area contributed by atoms with Gasteiger partial charge in [-0.1, -0.05) is 33.6 Å². The van der Waals surface area contributed by atoms with E-state index in [0.29, 0.717) is 11.5 Å². The molecule has 0 aromatic carbocycles. The Bertz CT molecular complexity index is 249. The average Bonchev–Trinajstić information content (AvgIpc) is 2.29. The Morgan fingerprint density at radius 3 is 2.65 bits per heavy atom. The fraction of sp³-hybridized carbons (Fsp3) is 1.00. The van der Waals surface area contributed by atoms with Crippen LogP contribution in [0.1, 0.15) is 59.3 Å². The van der Waals surface area contributed by atoms with Crippen molar-refractivity contribution in [2.24, 2.45) is 17.1 Å². The second kappa shape index (κ2) is 5.27. The first-order valence-corrected chi connectivity index (χ1v) is 7.50. The third kappa shape index (κ3) is 2.85.